The summed E-state index contributed by atoms with van der Waals surface area (Å²) >= 11 is 5.46. The van der Waals surface area contributed by atoms with Gasteiger partial charge in [0.1, 0.15) is 5.82 Å². The molecule has 1 aliphatic heterocycles. The molecule has 0 spiro atoms. The van der Waals surface area contributed by atoms with E-state index in [9.17, 15) is 9.18 Å². The number of halogens is 2. The second-order valence-electron chi connectivity index (χ2n) is 2.47. The maximum absolute atomic E-state index is 13.1. The smallest absolute Gasteiger partial charge is 0.230 e. The van der Waals surface area contributed by atoms with Gasteiger partial charge in [0.2, 0.25) is 5.91 Å². The number of amides is 1. The van der Waals surface area contributed by atoms with Crippen molar-refractivity contribution in [3.05, 3.63) is 22.6 Å². The van der Waals surface area contributed by atoms with Crippen LogP contribution in [0.5, 0.6) is 0 Å². The van der Waals surface area contributed by atoms with E-state index in [1.54, 1.807) is 0 Å². The van der Waals surface area contributed by atoms with Crippen molar-refractivity contribution in [1.82, 2.24) is 4.98 Å². The number of rotatable bonds is 0. The molecule has 5 heteroatoms. The molecule has 1 N–H and O–H groups in total. The van der Waals surface area contributed by atoms with Crippen LogP contribution in [0.15, 0.2) is 6.20 Å². The predicted octanol–water partition coefficient (Wildman–Crippen LogP) is 1.37. The molecule has 0 atom stereocenters. The Balaban J connectivity index is 2.61. The summed E-state index contributed by atoms with van der Waals surface area (Å²) in [4.78, 5) is 14.6. The number of carbonyl (C=O) groups excluding carboxylic acids is 1. The Kier molecular flexibility index (Phi) is 1.51. The van der Waals surface area contributed by atoms with Gasteiger partial charge in [0.05, 0.1) is 17.6 Å². The lowest BCUT2D eigenvalue weighted by molar-refractivity contribution is -0.115. The van der Waals surface area contributed by atoms with Gasteiger partial charge in [-0.2, -0.15) is 0 Å². The number of nitrogens with zero attached hydrogens (tertiary/aromatic N) is 1. The third-order valence-corrected chi connectivity index (χ3v) is 1.93. The van der Waals surface area contributed by atoms with Crippen molar-refractivity contribution < 1.29 is 9.18 Å². The summed E-state index contributed by atoms with van der Waals surface area (Å²) in [5.41, 5.74) is 0.257. The largest absolute Gasteiger partial charge is 0.310 e. The highest BCUT2D eigenvalue weighted by atomic mass is 35.5. The molecule has 1 aliphatic rings. The van der Waals surface area contributed by atoms with E-state index in [1.807, 2.05) is 0 Å². The lowest BCUT2D eigenvalue weighted by Gasteiger charge is -1.98. The van der Waals surface area contributed by atoms with Crippen LogP contribution in [0.25, 0.3) is 0 Å². The van der Waals surface area contributed by atoms with Gasteiger partial charge in [-0.05, 0) is 0 Å². The number of hydrogen-bond donors (Lipinski definition) is 1. The Bertz CT molecular complexity index is 367. The Labute approximate surface area is 72.6 Å². The van der Waals surface area contributed by atoms with Crippen LogP contribution in [0, 0.1) is 5.82 Å². The van der Waals surface area contributed by atoms with Crippen LogP contribution in [0.4, 0.5) is 10.2 Å². The van der Waals surface area contributed by atoms with Crippen molar-refractivity contribution in [3.63, 3.8) is 0 Å². The van der Waals surface area contributed by atoms with Crippen LogP contribution in [-0.4, -0.2) is 10.9 Å². The summed E-state index contributed by atoms with van der Waals surface area (Å²) in [6.45, 7) is 0. The van der Waals surface area contributed by atoms with Crippen LogP contribution >= 0.6 is 11.6 Å². The van der Waals surface area contributed by atoms with E-state index in [4.69, 9.17) is 11.6 Å². The number of aromatic nitrogens is 1. The molecule has 0 unspecified atom stereocenters. The summed E-state index contributed by atoms with van der Waals surface area (Å²) in [6, 6.07) is 0. The first kappa shape index (κ1) is 7.49. The summed E-state index contributed by atoms with van der Waals surface area (Å²) in [5.74, 6) is -0.527. The second kappa shape index (κ2) is 2.42. The fourth-order valence-corrected chi connectivity index (χ4v) is 1.27. The van der Waals surface area contributed by atoms with Crippen LogP contribution in [0.3, 0.4) is 0 Å². The van der Waals surface area contributed by atoms with Gasteiger partial charge in [-0.3, -0.25) is 4.79 Å². The zero-order valence-electron chi connectivity index (χ0n) is 5.90. The molecule has 2 rings (SSSR count). The number of fused-ring (bicyclic) bond motifs is 1. The third kappa shape index (κ3) is 0.956. The van der Waals surface area contributed by atoms with Crippen molar-refractivity contribution in [2.75, 3.05) is 5.32 Å². The molecule has 12 heavy (non-hydrogen) atoms. The monoisotopic (exact) mass is 186 g/mol. The zero-order chi connectivity index (χ0) is 8.72. The first-order chi connectivity index (χ1) is 5.68. The normalized spacial score (nSPS) is 14.3. The summed E-state index contributed by atoms with van der Waals surface area (Å²) in [5, 5.41) is 2.37. The number of carbonyl (C=O) groups is 1. The van der Waals surface area contributed by atoms with Crippen molar-refractivity contribution in [2.24, 2.45) is 0 Å². The fourth-order valence-electron chi connectivity index (χ4n) is 1.11. The van der Waals surface area contributed by atoms with E-state index in [0.717, 1.165) is 0 Å². The van der Waals surface area contributed by atoms with E-state index < -0.39 is 5.82 Å². The standard InChI is InChI=1S/C7H4ClFN2O/c8-4-2-10-7-3(6(4)9)1-5(12)11-7/h2H,1H2,(H,10,11,12). The molecule has 0 saturated heterocycles. The zero-order valence-corrected chi connectivity index (χ0v) is 6.65. The molecule has 1 amide bonds. The molecule has 2 heterocycles. The van der Waals surface area contributed by atoms with Crippen LogP contribution in [-0.2, 0) is 11.2 Å². The van der Waals surface area contributed by atoms with Crippen molar-refractivity contribution in [2.45, 2.75) is 6.42 Å². The molecular weight excluding hydrogens is 183 g/mol. The summed E-state index contributed by atoms with van der Waals surface area (Å²) in [7, 11) is 0. The van der Waals surface area contributed by atoms with Gasteiger partial charge in [0.25, 0.3) is 0 Å². The van der Waals surface area contributed by atoms with Crippen molar-refractivity contribution >= 4 is 23.3 Å². The number of pyridine rings is 1. The number of anilines is 1. The first-order valence-corrected chi connectivity index (χ1v) is 3.69. The highest BCUT2D eigenvalue weighted by Gasteiger charge is 2.23. The molecule has 0 bridgehead atoms. The minimum atomic E-state index is -0.556. The van der Waals surface area contributed by atoms with Crippen LogP contribution in [0.1, 0.15) is 5.56 Å². The van der Waals surface area contributed by atoms with Gasteiger partial charge >= 0.3 is 0 Å². The maximum Gasteiger partial charge on any atom is 0.230 e. The Morgan fingerprint density at radius 3 is 3.17 bits per heavy atom. The molecule has 0 aromatic carbocycles. The Morgan fingerprint density at radius 2 is 2.42 bits per heavy atom. The average Bonchev–Trinajstić information content (AvgIpc) is 2.39. The van der Waals surface area contributed by atoms with Gasteiger partial charge in [0.15, 0.2) is 5.82 Å². The average molecular weight is 187 g/mol. The van der Waals surface area contributed by atoms with Crippen molar-refractivity contribution in [1.29, 1.82) is 0 Å². The molecule has 0 aliphatic carbocycles. The molecule has 0 saturated carbocycles. The van der Waals surface area contributed by atoms with Gasteiger partial charge in [-0.25, -0.2) is 9.37 Å². The predicted molar refractivity (Wildman–Crippen MR) is 41.5 cm³/mol. The van der Waals surface area contributed by atoms with Crippen LogP contribution < -0.4 is 5.32 Å². The molecule has 1 aromatic heterocycles. The number of nitrogens with one attached hydrogen (secondary N) is 1. The molecular formula is C7H4ClFN2O. The third-order valence-electron chi connectivity index (χ3n) is 1.66. The SMILES string of the molecule is O=C1Cc2c(ncc(Cl)c2F)N1. The fraction of sp³-hybridized carbons (Fsp3) is 0.143. The lowest BCUT2D eigenvalue weighted by atomic mass is 10.2. The van der Waals surface area contributed by atoms with E-state index in [1.165, 1.54) is 6.20 Å². The minimum absolute atomic E-state index is 0.0225. The van der Waals surface area contributed by atoms with E-state index >= 15 is 0 Å². The molecule has 3 nitrogen and oxygen atoms in total. The molecule has 0 fully saturated rings. The number of hydrogen-bond acceptors (Lipinski definition) is 2. The molecule has 62 valence electrons. The Hall–Kier alpha value is -1.16. The van der Waals surface area contributed by atoms with Gasteiger partial charge in [-0.1, -0.05) is 11.6 Å². The molecule has 0 radical (unpaired) electrons. The Morgan fingerprint density at radius 1 is 1.67 bits per heavy atom. The van der Waals surface area contributed by atoms with Crippen LogP contribution in [0.2, 0.25) is 5.02 Å². The molecule has 1 aromatic rings. The van der Waals surface area contributed by atoms with Gasteiger partial charge < -0.3 is 5.32 Å². The minimum Gasteiger partial charge on any atom is -0.310 e. The van der Waals surface area contributed by atoms with Crippen molar-refractivity contribution in [3.8, 4) is 0 Å². The van der Waals surface area contributed by atoms with E-state index in [0.29, 0.717) is 0 Å². The topological polar surface area (TPSA) is 42.0 Å². The first-order valence-electron chi connectivity index (χ1n) is 3.31. The van der Waals surface area contributed by atoms with Gasteiger partial charge in [-0.15, -0.1) is 0 Å². The highest BCUT2D eigenvalue weighted by molar-refractivity contribution is 6.30. The van der Waals surface area contributed by atoms with E-state index in [-0.39, 0.29) is 28.7 Å². The maximum atomic E-state index is 13.1. The highest BCUT2D eigenvalue weighted by Crippen LogP contribution is 2.27. The second-order valence-corrected chi connectivity index (χ2v) is 2.88. The van der Waals surface area contributed by atoms with E-state index in [2.05, 4.69) is 10.3 Å². The summed E-state index contributed by atoms with van der Waals surface area (Å²) < 4.78 is 13.1. The quantitative estimate of drug-likeness (QED) is 0.665. The lowest BCUT2D eigenvalue weighted by Crippen LogP contribution is -2.04. The summed E-state index contributed by atoms with van der Waals surface area (Å²) in [6.07, 6.45) is 1.20. The van der Waals surface area contributed by atoms with Gasteiger partial charge in [0, 0.05) is 5.56 Å².